The van der Waals surface area contributed by atoms with Crippen LogP contribution in [0, 0.1) is 20.2 Å². The molecule has 2 aromatic carbocycles. The topological polar surface area (TPSA) is 102 Å². The van der Waals surface area contributed by atoms with E-state index in [9.17, 15) is 20.2 Å². The van der Waals surface area contributed by atoms with Gasteiger partial charge < -0.3 is 14.5 Å². The summed E-state index contributed by atoms with van der Waals surface area (Å²) in [6, 6.07) is 9.26. The summed E-state index contributed by atoms with van der Waals surface area (Å²) in [4.78, 5) is 26.1. The van der Waals surface area contributed by atoms with Gasteiger partial charge in [0.05, 0.1) is 21.2 Å². The Labute approximate surface area is 180 Å². The molecule has 31 heavy (non-hydrogen) atoms. The molecule has 9 nitrogen and oxygen atoms in total. The minimum Gasteiger partial charge on any atom is -0.453 e. The van der Waals surface area contributed by atoms with E-state index in [4.69, 9.17) is 4.74 Å². The second-order valence-corrected chi connectivity index (χ2v) is 8.02. The fraction of sp³-hybridized carbons (Fsp3) is 0.455. The smallest absolute Gasteiger partial charge is 0.271 e. The van der Waals surface area contributed by atoms with E-state index in [0.29, 0.717) is 22.9 Å². The maximum absolute atomic E-state index is 11.3. The third kappa shape index (κ3) is 4.70. The number of hydrogen-bond donors (Lipinski definition) is 0. The van der Waals surface area contributed by atoms with Gasteiger partial charge in [-0.3, -0.25) is 20.2 Å². The first-order valence-corrected chi connectivity index (χ1v) is 10.8. The molecule has 164 valence electrons. The van der Waals surface area contributed by atoms with Gasteiger partial charge in [0, 0.05) is 50.4 Å². The lowest BCUT2D eigenvalue weighted by molar-refractivity contribution is -0.385. The van der Waals surface area contributed by atoms with Gasteiger partial charge >= 0.3 is 0 Å². The van der Waals surface area contributed by atoms with Crippen molar-refractivity contribution in [3.05, 3.63) is 56.6 Å². The van der Waals surface area contributed by atoms with Gasteiger partial charge in [0.15, 0.2) is 11.5 Å². The third-order valence-electron chi connectivity index (χ3n) is 5.92. The summed E-state index contributed by atoms with van der Waals surface area (Å²) in [5.41, 5.74) is 1.43. The van der Waals surface area contributed by atoms with E-state index in [1.54, 1.807) is 24.3 Å². The third-order valence-corrected chi connectivity index (χ3v) is 5.92. The van der Waals surface area contributed by atoms with Crippen molar-refractivity contribution in [2.75, 3.05) is 36.0 Å². The minimum atomic E-state index is -0.401. The van der Waals surface area contributed by atoms with Crippen molar-refractivity contribution in [3.8, 4) is 11.5 Å². The lowest BCUT2D eigenvalue weighted by Crippen LogP contribution is -2.30. The molecule has 0 bridgehead atoms. The van der Waals surface area contributed by atoms with Crippen molar-refractivity contribution in [1.29, 1.82) is 0 Å². The largest absolute Gasteiger partial charge is 0.453 e. The van der Waals surface area contributed by atoms with Crippen LogP contribution in [-0.4, -0.2) is 36.0 Å². The molecule has 0 amide bonds. The Morgan fingerprint density at radius 3 is 1.39 bits per heavy atom. The highest BCUT2D eigenvalue weighted by Gasteiger charge is 2.23. The van der Waals surface area contributed by atoms with Crippen molar-refractivity contribution >= 4 is 22.7 Å². The van der Waals surface area contributed by atoms with Crippen LogP contribution in [0.5, 0.6) is 11.5 Å². The quantitative estimate of drug-likeness (QED) is 0.457. The second-order valence-electron chi connectivity index (χ2n) is 8.02. The van der Waals surface area contributed by atoms with Crippen LogP contribution in [0.3, 0.4) is 0 Å². The summed E-state index contributed by atoms with van der Waals surface area (Å²) in [6.45, 7) is 3.26. The molecule has 0 aliphatic carbocycles. The van der Waals surface area contributed by atoms with Crippen molar-refractivity contribution in [1.82, 2.24) is 0 Å². The molecule has 0 saturated carbocycles. The number of anilines is 2. The fourth-order valence-electron chi connectivity index (χ4n) is 4.29. The number of nitrogens with zero attached hydrogens (tertiary/aromatic N) is 4. The summed E-state index contributed by atoms with van der Waals surface area (Å²) >= 11 is 0. The Balaban J connectivity index is 1.72. The molecule has 0 atom stereocenters. The zero-order valence-electron chi connectivity index (χ0n) is 17.4. The van der Waals surface area contributed by atoms with Crippen molar-refractivity contribution in [2.24, 2.45) is 0 Å². The van der Waals surface area contributed by atoms with Gasteiger partial charge in [-0.15, -0.1) is 0 Å². The molecule has 0 spiro atoms. The summed E-state index contributed by atoms with van der Waals surface area (Å²) in [6.07, 6.45) is 6.39. The van der Waals surface area contributed by atoms with Gasteiger partial charge in [0.1, 0.15) is 0 Å². The highest BCUT2D eigenvalue weighted by molar-refractivity contribution is 5.68. The number of benzene rings is 2. The predicted octanol–water partition coefficient (Wildman–Crippen LogP) is 5.28. The number of piperidine rings is 2. The van der Waals surface area contributed by atoms with Crippen LogP contribution in [0.1, 0.15) is 38.5 Å². The highest BCUT2D eigenvalue weighted by Crippen LogP contribution is 2.41. The van der Waals surface area contributed by atoms with Crippen LogP contribution >= 0.6 is 0 Å². The fourth-order valence-corrected chi connectivity index (χ4v) is 4.29. The molecule has 4 rings (SSSR count). The lowest BCUT2D eigenvalue weighted by Gasteiger charge is -2.32. The maximum Gasteiger partial charge on any atom is 0.271 e. The first-order chi connectivity index (χ1) is 15.0. The Bertz CT molecular complexity index is 891. The molecule has 9 heteroatoms. The zero-order chi connectivity index (χ0) is 21.8. The standard InChI is InChI=1S/C22H26N4O5/c27-25(28)17-7-9-21(19(15-17)23-11-3-1-4-12-23)31-22-10-8-18(26(29)30)16-20(22)24-13-5-2-6-14-24/h7-10,15-16H,1-6,11-14H2. The molecule has 0 aromatic heterocycles. The summed E-state index contributed by atoms with van der Waals surface area (Å²) in [5, 5.41) is 22.7. The summed E-state index contributed by atoms with van der Waals surface area (Å²) < 4.78 is 6.29. The van der Waals surface area contributed by atoms with E-state index in [1.165, 1.54) is 12.1 Å². The van der Waals surface area contributed by atoms with Crippen LogP contribution in [0.4, 0.5) is 22.7 Å². The van der Waals surface area contributed by atoms with E-state index in [1.807, 2.05) is 0 Å². The first-order valence-electron chi connectivity index (χ1n) is 10.8. The Hall–Kier alpha value is -3.36. The highest BCUT2D eigenvalue weighted by atomic mass is 16.6. The number of nitro groups is 2. The Morgan fingerprint density at radius 2 is 1.03 bits per heavy atom. The molecule has 2 aromatic rings. The minimum absolute atomic E-state index is 0.0212. The molecular formula is C22H26N4O5. The van der Waals surface area contributed by atoms with Crippen LogP contribution < -0.4 is 14.5 Å². The molecular weight excluding hydrogens is 400 g/mol. The molecule has 0 N–H and O–H groups in total. The molecule has 2 aliphatic heterocycles. The van der Waals surface area contributed by atoms with E-state index < -0.39 is 9.85 Å². The monoisotopic (exact) mass is 426 g/mol. The summed E-state index contributed by atoms with van der Waals surface area (Å²) in [7, 11) is 0. The van der Waals surface area contributed by atoms with Gasteiger partial charge in [-0.25, -0.2) is 0 Å². The van der Waals surface area contributed by atoms with Gasteiger partial charge in [0.25, 0.3) is 11.4 Å². The molecule has 2 fully saturated rings. The van der Waals surface area contributed by atoms with Crippen LogP contribution in [0.15, 0.2) is 36.4 Å². The zero-order valence-corrected chi connectivity index (χ0v) is 17.4. The van der Waals surface area contributed by atoms with Crippen LogP contribution in [0.2, 0.25) is 0 Å². The lowest BCUT2D eigenvalue weighted by atomic mass is 10.1. The number of hydrogen-bond acceptors (Lipinski definition) is 7. The molecule has 2 aliphatic rings. The average molecular weight is 426 g/mol. The molecule has 2 heterocycles. The van der Waals surface area contributed by atoms with Crippen LogP contribution in [0.25, 0.3) is 0 Å². The van der Waals surface area contributed by atoms with Gasteiger partial charge in [-0.1, -0.05) is 0 Å². The average Bonchev–Trinajstić information content (AvgIpc) is 2.80. The molecule has 0 radical (unpaired) electrons. The van der Waals surface area contributed by atoms with E-state index in [2.05, 4.69) is 9.80 Å². The first kappa shape index (κ1) is 20.9. The van der Waals surface area contributed by atoms with Gasteiger partial charge in [0.2, 0.25) is 0 Å². The number of ether oxygens (including phenoxy) is 1. The summed E-state index contributed by atoms with van der Waals surface area (Å²) in [5.74, 6) is 1.05. The van der Waals surface area contributed by atoms with Crippen molar-refractivity contribution in [3.63, 3.8) is 0 Å². The predicted molar refractivity (Wildman–Crippen MR) is 118 cm³/mol. The molecule has 2 saturated heterocycles. The second kappa shape index (κ2) is 9.20. The Kier molecular flexibility index (Phi) is 6.20. The van der Waals surface area contributed by atoms with Gasteiger partial charge in [-0.05, 0) is 50.7 Å². The van der Waals surface area contributed by atoms with E-state index in [-0.39, 0.29) is 11.4 Å². The number of non-ortho nitro benzene ring substituents is 2. The van der Waals surface area contributed by atoms with Gasteiger partial charge in [-0.2, -0.15) is 0 Å². The Morgan fingerprint density at radius 1 is 0.645 bits per heavy atom. The van der Waals surface area contributed by atoms with Crippen molar-refractivity contribution < 1.29 is 14.6 Å². The maximum atomic E-state index is 11.3. The van der Waals surface area contributed by atoms with Crippen molar-refractivity contribution in [2.45, 2.75) is 38.5 Å². The van der Waals surface area contributed by atoms with E-state index >= 15 is 0 Å². The molecule has 0 unspecified atom stereocenters. The van der Waals surface area contributed by atoms with E-state index in [0.717, 1.165) is 64.7 Å². The van der Waals surface area contributed by atoms with Crippen LogP contribution in [-0.2, 0) is 0 Å². The number of nitro benzene ring substituents is 2. The normalized spacial score (nSPS) is 16.8. The number of rotatable bonds is 6. The SMILES string of the molecule is O=[N+]([O-])c1ccc(Oc2ccc([N+](=O)[O-])cc2N2CCCCC2)c(N2CCCCC2)c1.